The molecule has 2 rings (SSSR count). The van der Waals surface area contributed by atoms with E-state index in [9.17, 15) is 9.59 Å². The van der Waals surface area contributed by atoms with Gasteiger partial charge in [-0.15, -0.1) is 0 Å². The van der Waals surface area contributed by atoms with Crippen LogP contribution in [0.15, 0.2) is 15.8 Å². The van der Waals surface area contributed by atoms with Crippen LogP contribution >= 0.6 is 0 Å². The SMILES string of the molecule is Cc1cn([C@H]2CC(OO)[C@@H](CO)O2)c(=O)[nH]c1=O. The molecule has 0 spiro atoms. The highest BCUT2D eigenvalue weighted by Crippen LogP contribution is 2.28. The number of ether oxygens (including phenoxy) is 1. The van der Waals surface area contributed by atoms with Crippen molar-refractivity contribution in [2.24, 2.45) is 0 Å². The molecule has 1 aliphatic heterocycles. The molecule has 100 valence electrons. The molecule has 3 atom stereocenters. The first-order chi connectivity index (χ1) is 8.56. The summed E-state index contributed by atoms with van der Waals surface area (Å²) in [5, 5.41) is 17.7. The van der Waals surface area contributed by atoms with E-state index in [1.807, 2.05) is 0 Å². The van der Waals surface area contributed by atoms with Gasteiger partial charge in [-0.2, -0.15) is 0 Å². The van der Waals surface area contributed by atoms with Gasteiger partial charge in [-0.05, 0) is 6.92 Å². The molecule has 0 radical (unpaired) electrons. The highest BCUT2D eigenvalue weighted by Gasteiger charge is 2.37. The topological polar surface area (TPSA) is 114 Å². The summed E-state index contributed by atoms with van der Waals surface area (Å²) in [5.74, 6) is 0. The normalized spacial score (nSPS) is 27.6. The molecule has 1 fully saturated rings. The van der Waals surface area contributed by atoms with Crippen LogP contribution in [0.5, 0.6) is 0 Å². The number of rotatable bonds is 3. The van der Waals surface area contributed by atoms with Crippen molar-refractivity contribution in [2.45, 2.75) is 31.8 Å². The lowest BCUT2D eigenvalue weighted by Crippen LogP contribution is -2.33. The molecule has 0 amide bonds. The minimum atomic E-state index is -0.709. The number of aryl methyl sites for hydroxylation is 1. The van der Waals surface area contributed by atoms with Crippen LogP contribution < -0.4 is 11.2 Å². The molecule has 18 heavy (non-hydrogen) atoms. The molecule has 0 aromatic carbocycles. The second-order valence-corrected chi connectivity index (χ2v) is 4.17. The Balaban J connectivity index is 2.31. The Kier molecular flexibility index (Phi) is 3.62. The molecular weight excluding hydrogens is 244 g/mol. The number of hydrogen-bond donors (Lipinski definition) is 3. The Morgan fingerprint density at radius 2 is 2.33 bits per heavy atom. The van der Waals surface area contributed by atoms with Crippen molar-refractivity contribution >= 4 is 0 Å². The van der Waals surface area contributed by atoms with Crippen LogP contribution in [0.4, 0.5) is 0 Å². The van der Waals surface area contributed by atoms with Gasteiger partial charge < -0.3 is 9.84 Å². The summed E-state index contributed by atoms with van der Waals surface area (Å²) >= 11 is 0. The van der Waals surface area contributed by atoms with E-state index >= 15 is 0 Å². The first-order valence-corrected chi connectivity index (χ1v) is 5.45. The molecule has 8 nitrogen and oxygen atoms in total. The van der Waals surface area contributed by atoms with E-state index in [-0.39, 0.29) is 13.0 Å². The molecule has 1 aromatic heterocycles. The van der Waals surface area contributed by atoms with Gasteiger partial charge in [-0.3, -0.25) is 19.6 Å². The summed E-state index contributed by atoms with van der Waals surface area (Å²) in [4.78, 5) is 29.2. The van der Waals surface area contributed by atoms with E-state index in [1.54, 1.807) is 6.92 Å². The van der Waals surface area contributed by atoms with Gasteiger partial charge in [-0.25, -0.2) is 9.68 Å². The fraction of sp³-hybridized carbons (Fsp3) is 0.600. The van der Waals surface area contributed by atoms with Gasteiger partial charge >= 0.3 is 5.69 Å². The molecule has 1 aromatic rings. The summed E-state index contributed by atoms with van der Waals surface area (Å²) in [6.45, 7) is 1.23. The maximum Gasteiger partial charge on any atom is 0.330 e. The number of aromatic nitrogens is 2. The highest BCUT2D eigenvalue weighted by molar-refractivity contribution is 5.02. The van der Waals surface area contributed by atoms with Crippen molar-refractivity contribution in [3.63, 3.8) is 0 Å². The van der Waals surface area contributed by atoms with Gasteiger partial charge in [0.25, 0.3) is 5.56 Å². The maximum atomic E-state index is 11.6. The number of H-pyrrole nitrogens is 1. The van der Waals surface area contributed by atoms with Crippen molar-refractivity contribution in [3.8, 4) is 0 Å². The largest absolute Gasteiger partial charge is 0.394 e. The number of aliphatic hydroxyl groups is 1. The van der Waals surface area contributed by atoms with Crippen LogP contribution in [0.25, 0.3) is 0 Å². The van der Waals surface area contributed by atoms with E-state index in [0.29, 0.717) is 5.56 Å². The zero-order valence-corrected chi connectivity index (χ0v) is 9.70. The van der Waals surface area contributed by atoms with Crippen molar-refractivity contribution in [3.05, 3.63) is 32.6 Å². The highest BCUT2D eigenvalue weighted by atomic mass is 17.1. The van der Waals surface area contributed by atoms with E-state index < -0.39 is 29.7 Å². The zero-order valence-electron chi connectivity index (χ0n) is 9.70. The zero-order chi connectivity index (χ0) is 13.3. The molecule has 3 N–H and O–H groups in total. The average Bonchev–Trinajstić information content (AvgIpc) is 2.76. The molecule has 0 bridgehead atoms. The van der Waals surface area contributed by atoms with Crippen LogP contribution in [0.2, 0.25) is 0 Å². The molecular formula is C10H14N2O6. The number of hydrogen-bond acceptors (Lipinski definition) is 6. The Morgan fingerprint density at radius 1 is 1.61 bits per heavy atom. The van der Waals surface area contributed by atoms with E-state index in [1.165, 1.54) is 10.8 Å². The Bertz CT molecular complexity index is 524. The van der Waals surface area contributed by atoms with Gasteiger partial charge in [-0.1, -0.05) is 0 Å². The number of aliphatic hydroxyl groups excluding tert-OH is 1. The van der Waals surface area contributed by atoms with Crippen LogP contribution in [-0.2, 0) is 9.62 Å². The van der Waals surface area contributed by atoms with Crippen LogP contribution in [-0.4, -0.2) is 38.7 Å². The summed E-state index contributed by atoms with van der Waals surface area (Å²) in [6.07, 6.45) is -0.534. The quantitative estimate of drug-likeness (QED) is 0.472. The summed E-state index contributed by atoms with van der Waals surface area (Å²) in [7, 11) is 0. The average molecular weight is 258 g/mol. The van der Waals surface area contributed by atoms with Gasteiger partial charge in [0.1, 0.15) is 18.4 Å². The van der Waals surface area contributed by atoms with Crippen LogP contribution in [0.3, 0.4) is 0 Å². The Morgan fingerprint density at radius 3 is 2.89 bits per heavy atom. The third kappa shape index (κ3) is 2.23. The van der Waals surface area contributed by atoms with Gasteiger partial charge in [0, 0.05) is 18.2 Å². The number of nitrogens with zero attached hydrogens (tertiary/aromatic N) is 1. The summed E-state index contributed by atoms with van der Waals surface area (Å²) in [6, 6.07) is 0. The first-order valence-electron chi connectivity index (χ1n) is 5.45. The number of nitrogens with one attached hydrogen (secondary N) is 1. The summed E-state index contributed by atoms with van der Waals surface area (Å²) < 4.78 is 6.59. The second kappa shape index (κ2) is 5.02. The van der Waals surface area contributed by atoms with Gasteiger partial charge in [0.15, 0.2) is 0 Å². The van der Waals surface area contributed by atoms with E-state index in [0.717, 1.165) is 0 Å². The molecule has 2 heterocycles. The lowest BCUT2D eigenvalue weighted by atomic mass is 10.2. The minimum Gasteiger partial charge on any atom is -0.394 e. The van der Waals surface area contributed by atoms with Crippen molar-refractivity contribution < 1.29 is 20.0 Å². The molecule has 8 heteroatoms. The maximum absolute atomic E-state index is 11.6. The van der Waals surface area contributed by atoms with Crippen LogP contribution in [0.1, 0.15) is 18.2 Å². The first kappa shape index (κ1) is 13.0. The van der Waals surface area contributed by atoms with Crippen molar-refractivity contribution in [1.82, 2.24) is 9.55 Å². The third-order valence-electron chi connectivity index (χ3n) is 2.95. The van der Waals surface area contributed by atoms with Crippen molar-refractivity contribution in [1.29, 1.82) is 0 Å². The fourth-order valence-electron chi connectivity index (χ4n) is 1.95. The molecule has 0 aliphatic carbocycles. The smallest absolute Gasteiger partial charge is 0.330 e. The minimum absolute atomic E-state index is 0.202. The monoisotopic (exact) mass is 258 g/mol. The molecule has 1 aliphatic rings. The second-order valence-electron chi connectivity index (χ2n) is 4.17. The lowest BCUT2D eigenvalue weighted by molar-refractivity contribution is -0.288. The molecule has 1 unspecified atom stereocenters. The Hall–Kier alpha value is -1.48. The predicted octanol–water partition coefficient (Wildman–Crippen LogP) is -1.02. The Labute approximate surface area is 101 Å². The molecule has 1 saturated heterocycles. The van der Waals surface area contributed by atoms with Gasteiger partial charge in [0.2, 0.25) is 0 Å². The predicted molar refractivity (Wildman–Crippen MR) is 59.2 cm³/mol. The lowest BCUT2D eigenvalue weighted by Gasteiger charge is -2.14. The van der Waals surface area contributed by atoms with Gasteiger partial charge in [0.05, 0.1) is 6.61 Å². The van der Waals surface area contributed by atoms with Crippen molar-refractivity contribution in [2.75, 3.05) is 6.61 Å². The molecule has 0 saturated carbocycles. The van der Waals surface area contributed by atoms with Crippen LogP contribution in [0, 0.1) is 6.92 Å². The number of aromatic amines is 1. The standard InChI is InChI=1S/C10H14N2O6/c1-5-3-12(10(15)11-9(5)14)8-2-6(18-16)7(4-13)17-8/h3,6-8,13,16H,2,4H2,1H3,(H,11,14,15)/t6?,7-,8-/m1/s1. The third-order valence-corrected chi connectivity index (χ3v) is 2.95. The van der Waals surface area contributed by atoms with E-state index in [2.05, 4.69) is 9.87 Å². The van der Waals surface area contributed by atoms with E-state index in [4.69, 9.17) is 15.1 Å². The summed E-state index contributed by atoms with van der Waals surface area (Å²) in [5.41, 5.74) is -0.694. The fourth-order valence-corrected chi connectivity index (χ4v) is 1.95.